The summed E-state index contributed by atoms with van der Waals surface area (Å²) in [6.07, 6.45) is 1.18. The largest absolute Gasteiger partial charge is 0.384 e. The predicted molar refractivity (Wildman–Crippen MR) is 49.2 cm³/mol. The second-order valence-electron chi connectivity index (χ2n) is 2.47. The van der Waals surface area contributed by atoms with E-state index in [2.05, 4.69) is 0 Å². The van der Waals surface area contributed by atoms with Crippen LogP contribution in [0.3, 0.4) is 0 Å². The van der Waals surface area contributed by atoms with E-state index in [1.165, 1.54) is 0 Å². The monoisotopic (exact) mass is 189 g/mol. The number of hydrogen-bond acceptors (Lipinski definition) is 3. The van der Waals surface area contributed by atoms with Gasteiger partial charge < -0.3 is 4.74 Å². The van der Waals surface area contributed by atoms with Gasteiger partial charge in [0, 0.05) is 35.3 Å². The lowest BCUT2D eigenvalue weighted by Crippen LogP contribution is -2.18. The first kappa shape index (κ1) is 11.6. The van der Waals surface area contributed by atoms with Gasteiger partial charge in [0.1, 0.15) is 0 Å². The molecule has 0 aliphatic heterocycles. The summed E-state index contributed by atoms with van der Waals surface area (Å²) < 4.78 is 16.2. The predicted octanol–water partition coefficient (Wildman–Crippen LogP) is 1.07. The third-order valence-electron chi connectivity index (χ3n) is 1.63. The molecule has 0 aromatic carbocycles. The number of rotatable bonds is 6. The Bertz CT molecular complexity index is 176. The average molecular weight is 189 g/mol. The summed E-state index contributed by atoms with van der Waals surface area (Å²) >= 11 is 0. The van der Waals surface area contributed by atoms with E-state index in [0.717, 1.165) is 6.42 Å². The van der Waals surface area contributed by atoms with Crippen LogP contribution in [-0.4, -0.2) is 28.9 Å². The van der Waals surface area contributed by atoms with Gasteiger partial charge in [-0.05, 0) is 6.42 Å². The molecular formula is C8H15NO2S. The number of nitriles is 1. The molecule has 0 spiro atoms. The third-order valence-corrected chi connectivity index (χ3v) is 3.45. The Morgan fingerprint density at radius 3 is 2.75 bits per heavy atom. The van der Waals surface area contributed by atoms with Crippen LogP contribution in [0.1, 0.15) is 19.8 Å². The number of nitrogens with zero attached hydrogens (tertiary/aromatic N) is 1. The topological polar surface area (TPSA) is 50.1 Å². The van der Waals surface area contributed by atoms with Crippen molar-refractivity contribution in [2.24, 2.45) is 0 Å². The molecule has 2 unspecified atom stereocenters. The zero-order valence-corrected chi connectivity index (χ0v) is 8.39. The summed E-state index contributed by atoms with van der Waals surface area (Å²) in [6.45, 7) is 2.46. The zero-order valence-electron chi connectivity index (χ0n) is 7.58. The first-order chi connectivity index (χ1) is 5.76. The zero-order chi connectivity index (χ0) is 9.40. The van der Waals surface area contributed by atoms with Gasteiger partial charge in [-0.2, -0.15) is 5.26 Å². The van der Waals surface area contributed by atoms with Crippen LogP contribution >= 0.6 is 0 Å². The van der Waals surface area contributed by atoms with Crippen molar-refractivity contribution in [1.82, 2.24) is 0 Å². The lowest BCUT2D eigenvalue weighted by Gasteiger charge is -2.09. The van der Waals surface area contributed by atoms with Gasteiger partial charge in [0.25, 0.3) is 0 Å². The maximum atomic E-state index is 11.4. The van der Waals surface area contributed by atoms with E-state index < -0.39 is 10.8 Å². The van der Waals surface area contributed by atoms with Crippen molar-refractivity contribution in [3.63, 3.8) is 0 Å². The smallest absolute Gasteiger partial charge is 0.0634 e. The van der Waals surface area contributed by atoms with Gasteiger partial charge in [-0.3, -0.25) is 4.21 Å². The summed E-state index contributed by atoms with van der Waals surface area (Å²) in [4.78, 5) is 0. The molecule has 0 aromatic heterocycles. The highest BCUT2D eigenvalue weighted by Crippen LogP contribution is 2.06. The van der Waals surface area contributed by atoms with Crippen LogP contribution in [0.25, 0.3) is 0 Å². The van der Waals surface area contributed by atoms with Crippen LogP contribution in [0.15, 0.2) is 0 Å². The minimum Gasteiger partial charge on any atom is -0.384 e. The Hall–Kier alpha value is -0.400. The average Bonchev–Trinajstić information content (AvgIpc) is 2.10. The molecular weight excluding hydrogens is 174 g/mol. The van der Waals surface area contributed by atoms with Gasteiger partial charge in [0.2, 0.25) is 0 Å². The maximum Gasteiger partial charge on any atom is 0.0634 e. The normalized spacial score (nSPS) is 15.1. The second kappa shape index (κ2) is 7.26. The van der Waals surface area contributed by atoms with Crippen LogP contribution in [0.2, 0.25) is 0 Å². The molecule has 0 N–H and O–H groups in total. The fourth-order valence-corrected chi connectivity index (χ4v) is 2.15. The molecule has 0 bridgehead atoms. The Balaban J connectivity index is 3.79. The summed E-state index contributed by atoms with van der Waals surface area (Å²) in [5.74, 6) is 0.538. The van der Waals surface area contributed by atoms with Crippen molar-refractivity contribution in [3.8, 4) is 6.07 Å². The molecule has 0 rings (SSSR count). The lowest BCUT2D eigenvalue weighted by molar-refractivity contribution is 0.218. The van der Waals surface area contributed by atoms with E-state index >= 15 is 0 Å². The quantitative estimate of drug-likeness (QED) is 0.628. The van der Waals surface area contributed by atoms with Crippen LogP contribution in [0.5, 0.6) is 0 Å². The molecule has 0 aliphatic carbocycles. The Morgan fingerprint density at radius 2 is 2.33 bits per heavy atom. The molecule has 12 heavy (non-hydrogen) atoms. The fraction of sp³-hybridized carbons (Fsp3) is 0.875. The van der Waals surface area contributed by atoms with Gasteiger partial charge in [0.05, 0.1) is 12.7 Å². The summed E-state index contributed by atoms with van der Waals surface area (Å²) in [5.41, 5.74) is 0. The van der Waals surface area contributed by atoms with Gasteiger partial charge in [-0.1, -0.05) is 6.92 Å². The van der Waals surface area contributed by atoms with Crippen molar-refractivity contribution < 1.29 is 8.95 Å². The van der Waals surface area contributed by atoms with Gasteiger partial charge in [-0.25, -0.2) is 0 Å². The minimum atomic E-state index is -0.905. The Kier molecular flexibility index (Phi) is 7.02. The maximum absolute atomic E-state index is 11.4. The molecule has 0 aliphatic rings. The molecule has 4 heteroatoms. The number of ether oxygens (including phenoxy) is 1. The van der Waals surface area contributed by atoms with Crippen molar-refractivity contribution in [3.05, 3.63) is 0 Å². The molecule has 0 saturated heterocycles. The number of hydrogen-bond donors (Lipinski definition) is 0. The highest BCUT2D eigenvalue weighted by molar-refractivity contribution is 7.85. The fourth-order valence-electron chi connectivity index (χ4n) is 0.857. The van der Waals surface area contributed by atoms with Crippen molar-refractivity contribution >= 4 is 10.8 Å². The first-order valence-electron chi connectivity index (χ1n) is 3.99. The molecule has 70 valence electrons. The van der Waals surface area contributed by atoms with Crippen LogP contribution in [0.4, 0.5) is 0 Å². The highest BCUT2D eigenvalue weighted by Gasteiger charge is 2.13. The first-order valence-corrected chi connectivity index (χ1v) is 5.37. The van der Waals surface area contributed by atoms with Gasteiger partial charge in [-0.15, -0.1) is 0 Å². The van der Waals surface area contributed by atoms with Crippen molar-refractivity contribution in [2.75, 3.05) is 19.5 Å². The van der Waals surface area contributed by atoms with Crippen LogP contribution < -0.4 is 0 Å². The van der Waals surface area contributed by atoms with E-state index in [-0.39, 0.29) is 5.25 Å². The number of methoxy groups -OCH3 is 1. The third kappa shape index (κ3) is 4.47. The molecule has 0 amide bonds. The van der Waals surface area contributed by atoms with Gasteiger partial charge in [0.15, 0.2) is 0 Å². The lowest BCUT2D eigenvalue weighted by atomic mass is 10.3. The Labute approximate surface area is 76.2 Å². The van der Waals surface area contributed by atoms with E-state index in [4.69, 9.17) is 10.00 Å². The van der Waals surface area contributed by atoms with E-state index in [9.17, 15) is 4.21 Å². The highest BCUT2D eigenvalue weighted by atomic mass is 32.2. The van der Waals surface area contributed by atoms with E-state index in [1.54, 1.807) is 7.11 Å². The van der Waals surface area contributed by atoms with Crippen molar-refractivity contribution in [2.45, 2.75) is 25.0 Å². The molecule has 0 heterocycles. The minimum absolute atomic E-state index is 0.0187. The van der Waals surface area contributed by atoms with E-state index in [1.807, 2.05) is 13.0 Å². The molecule has 0 radical (unpaired) electrons. The van der Waals surface area contributed by atoms with E-state index in [0.29, 0.717) is 18.8 Å². The summed E-state index contributed by atoms with van der Waals surface area (Å²) in [6, 6.07) is 2.04. The molecule has 0 aromatic rings. The summed E-state index contributed by atoms with van der Waals surface area (Å²) in [7, 11) is 0.681. The SMILES string of the molecule is CCC(CC#N)S(=O)CCOC. The molecule has 3 nitrogen and oxygen atoms in total. The van der Waals surface area contributed by atoms with Crippen LogP contribution in [0, 0.1) is 11.3 Å². The molecule has 2 atom stereocenters. The summed E-state index contributed by atoms with van der Waals surface area (Å²) in [5, 5.41) is 8.45. The van der Waals surface area contributed by atoms with Crippen LogP contribution in [-0.2, 0) is 15.5 Å². The van der Waals surface area contributed by atoms with Crippen molar-refractivity contribution in [1.29, 1.82) is 5.26 Å². The Morgan fingerprint density at radius 1 is 1.67 bits per heavy atom. The van der Waals surface area contributed by atoms with Gasteiger partial charge >= 0.3 is 0 Å². The molecule has 0 fully saturated rings. The standard InChI is InChI=1S/C8H15NO2S/c1-3-8(4-5-9)12(10)7-6-11-2/h8H,3-4,6-7H2,1-2H3. The molecule has 0 saturated carbocycles. The second-order valence-corrected chi connectivity index (χ2v) is 4.31.